The monoisotopic (exact) mass is 236 g/mol. The first-order valence-electron chi connectivity index (χ1n) is 4.79. The fourth-order valence-corrected chi connectivity index (χ4v) is 1.13. The quantitative estimate of drug-likeness (QED) is 0.579. The Bertz CT molecular complexity index is 439. The lowest BCUT2D eigenvalue weighted by Crippen LogP contribution is -2.17. The Labute approximate surface area is 97.7 Å². The van der Waals surface area contributed by atoms with Crippen molar-refractivity contribution in [3.63, 3.8) is 0 Å². The number of amides is 2. The smallest absolute Gasteiger partial charge is 0.315 e. The molecule has 6 nitrogen and oxygen atoms in total. The molecule has 1 rings (SSSR count). The second-order valence-electron chi connectivity index (χ2n) is 3.24. The van der Waals surface area contributed by atoms with Crippen LogP contribution < -0.4 is 11.1 Å². The van der Waals surface area contributed by atoms with Gasteiger partial charge in [0.05, 0.1) is 7.11 Å². The second-order valence-corrected chi connectivity index (χ2v) is 3.24. The fraction of sp³-hybridized carbons (Fsp3) is 0.182. The summed E-state index contributed by atoms with van der Waals surface area (Å²) >= 11 is 0. The summed E-state index contributed by atoms with van der Waals surface area (Å²) in [7, 11) is 1.21. The Morgan fingerprint density at radius 2 is 1.82 bits per heavy atom. The lowest BCUT2D eigenvalue weighted by Gasteiger charge is -2.04. The van der Waals surface area contributed by atoms with Gasteiger partial charge in [0, 0.05) is 11.3 Å². The third-order valence-electron chi connectivity index (χ3n) is 1.99. The highest BCUT2D eigenvalue weighted by molar-refractivity contribution is 6.02. The van der Waals surface area contributed by atoms with Crippen molar-refractivity contribution in [1.29, 1.82) is 0 Å². The number of esters is 1. The number of primary amides is 1. The summed E-state index contributed by atoms with van der Waals surface area (Å²) in [5, 5.41) is 2.48. The van der Waals surface area contributed by atoms with Gasteiger partial charge in [-0.25, -0.2) is 0 Å². The van der Waals surface area contributed by atoms with E-state index in [0.717, 1.165) is 0 Å². The molecule has 6 heteroatoms. The highest BCUT2D eigenvalue weighted by Crippen LogP contribution is 2.09. The molecule has 90 valence electrons. The van der Waals surface area contributed by atoms with Crippen molar-refractivity contribution >= 4 is 23.5 Å². The van der Waals surface area contributed by atoms with Crippen LogP contribution in [0.25, 0.3) is 0 Å². The normalized spacial score (nSPS) is 9.47. The van der Waals surface area contributed by atoms with Gasteiger partial charge in [-0.3, -0.25) is 14.4 Å². The molecular weight excluding hydrogens is 224 g/mol. The van der Waals surface area contributed by atoms with Gasteiger partial charge < -0.3 is 15.8 Å². The van der Waals surface area contributed by atoms with Crippen molar-refractivity contribution in [2.75, 3.05) is 12.4 Å². The van der Waals surface area contributed by atoms with Crippen LogP contribution >= 0.6 is 0 Å². The van der Waals surface area contributed by atoms with Crippen LogP contribution in [0, 0.1) is 0 Å². The van der Waals surface area contributed by atoms with Gasteiger partial charge in [-0.2, -0.15) is 0 Å². The highest BCUT2D eigenvalue weighted by Gasteiger charge is 2.09. The molecule has 0 saturated heterocycles. The van der Waals surface area contributed by atoms with Crippen molar-refractivity contribution in [3.05, 3.63) is 29.8 Å². The van der Waals surface area contributed by atoms with E-state index >= 15 is 0 Å². The van der Waals surface area contributed by atoms with E-state index in [0.29, 0.717) is 11.3 Å². The highest BCUT2D eigenvalue weighted by atomic mass is 16.5. The van der Waals surface area contributed by atoms with Crippen LogP contribution in [0.5, 0.6) is 0 Å². The van der Waals surface area contributed by atoms with E-state index in [1.165, 1.54) is 31.4 Å². The fourth-order valence-electron chi connectivity index (χ4n) is 1.13. The van der Waals surface area contributed by atoms with Crippen LogP contribution in [-0.2, 0) is 14.3 Å². The predicted molar refractivity (Wildman–Crippen MR) is 60.2 cm³/mol. The zero-order valence-corrected chi connectivity index (χ0v) is 9.23. The summed E-state index contributed by atoms with van der Waals surface area (Å²) in [5.74, 6) is -1.64. The van der Waals surface area contributed by atoms with Gasteiger partial charge >= 0.3 is 5.97 Å². The average Bonchev–Trinajstić information content (AvgIpc) is 2.29. The SMILES string of the molecule is COC(=O)CC(=O)Nc1ccc(C(N)=O)cc1. The molecule has 0 spiro atoms. The molecule has 1 aromatic rings. The molecule has 0 aliphatic carbocycles. The molecule has 0 bridgehead atoms. The molecule has 17 heavy (non-hydrogen) atoms. The molecule has 0 aliphatic heterocycles. The maximum absolute atomic E-state index is 11.3. The first-order chi connectivity index (χ1) is 8.02. The summed E-state index contributed by atoms with van der Waals surface area (Å²) in [4.78, 5) is 32.9. The number of rotatable bonds is 4. The van der Waals surface area contributed by atoms with Crippen LogP contribution in [0.3, 0.4) is 0 Å². The molecule has 1 aromatic carbocycles. The molecule has 0 aromatic heterocycles. The molecule has 0 atom stereocenters. The number of anilines is 1. The van der Waals surface area contributed by atoms with E-state index in [1.54, 1.807) is 0 Å². The van der Waals surface area contributed by atoms with Crippen LogP contribution in [0.1, 0.15) is 16.8 Å². The minimum Gasteiger partial charge on any atom is -0.469 e. The van der Waals surface area contributed by atoms with E-state index in [4.69, 9.17) is 5.73 Å². The number of carbonyl (C=O) groups is 3. The number of carbonyl (C=O) groups excluding carboxylic acids is 3. The van der Waals surface area contributed by atoms with Gasteiger partial charge in [-0.05, 0) is 24.3 Å². The first-order valence-corrected chi connectivity index (χ1v) is 4.79. The van der Waals surface area contributed by atoms with Crippen LogP contribution in [0.4, 0.5) is 5.69 Å². The maximum Gasteiger partial charge on any atom is 0.315 e. The number of ether oxygens (including phenoxy) is 1. The summed E-state index contributed by atoms with van der Waals surface area (Å²) in [6, 6.07) is 6.01. The number of hydrogen-bond acceptors (Lipinski definition) is 4. The molecule has 0 radical (unpaired) electrons. The van der Waals surface area contributed by atoms with Crippen molar-refractivity contribution in [1.82, 2.24) is 0 Å². The van der Waals surface area contributed by atoms with E-state index in [-0.39, 0.29) is 6.42 Å². The first kappa shape index (κ1) is 12.7. The second kappa shape index (κ2) is 5.64. The third kappa shape index (κ3) is 3.94. The molecule has 0 saturated carbocycles. The van der Waals surface area contributed by atoms with E-state index in [9.17, 15) is 14.4 Å². The number of nitrogens with one attached hydrogen (secondary N) is 1. The van der Waals surface area contributed by atoms with Gasteiger partial charge in [-0.1, -0.05) is 0 Å². The average molecular weight is 236 g/mol. The van der Waals surface area contributed by atoms with Crippen molar-refractivity contribution < 1.29 is 19.1 Å². The Balaban J connectivity index is 2.60. The summed E-state index contributed by atoms with van der Waals surface area (Å²) < 4.78 is 4.35. The van der Waals surface area contributed by atoms with Crippen LogP contribution in [-0.4, -0.2) is 24.9 Å². The topological polar surface area (TPSA) is 98.5 Å². The Kier molecular flexibility index (Phi) is 4.21. The molecule has 0 unspecified atom stereocenters. The number of hydrogen-bond donors (Lipinski definition) is 2. The number of nitrogens with two attached hydrogens (primary N) is 1. The molecule has 3 N–H and O–H groups in total. The van der Waals surface area contributed by atoms with E-state index < -0.39 is 17.8 Å². The van der Waals surface area contributed by atoms with Crippen molar-refractivity contribution in [2.24, 2.45) is 5.73 Å². The van der Waals surface area contributed by atoms with Crippen LogP contribution in [0.2, 0.25) is 0 Å². The van der Waals surface area contributed by atoms with Gasteiger partial charge in [0.1, 0.15) is 6.42 Å². The zero-order chi connectivity index (χ0) is 12.8. The van der Waals surface area contributed by atoms with Gasteiger partial charge in [0.25, 0.3) is 0 Å². The summed E-state index contributed by atoms with van der Waals surface area (Å²) in [6.45, 7) is 0. The standard InChI is InChI=1S/C11H12N2O4/c1-17-10(15)6-9(14)13-8-4-2-7(3-5-8)11(12)16/h2-5H,6H2,1H3,(H2,12,16)(H,13,14). The molecule has 0 heterocycles. The van der Waals surface area contributed by atoms with E-state index in [2.05, 4.69) is 10.1 Å². The third-order valence-corrected chi connectivity index (χ3v) is 1.99. The van der Waals surface area contributed by atoms with Gasteiger partial charge in [0.15, 0.2) is 0 Å². The lowest BCUT2D eigenvalue weighted by molar-refractivity contribution is -0.142. The summed E-state index contributed by atoms with van der Waals surface area (Å²) in [5.41, 5.74) is 5.88. The van der Waals surface area contributed by atoms with Crippen LogP contribution in [0.15, 0.2) is 24.3 Å². The van der Waals surface area contributed by atoms with Gasteiger partial charge in [-0.15, -0.1) is 0 Å². The predicted octanol–water partition coefficient (Wildman–Crippen LogP) is 0.287. The Morgan fingerprint density at radius 1 is 1.24 bits per heavy atom. The largest absolute Gasteiger partial charge is 0.469 e. The molecule has 0 fully saturated rings. The Morgan fingerprint density at radius 3 is 2.29 bits per heavy atom. The van der Waals surface area contributed by atoms with E-state index in [1.807, 2.05) is 0 Å². The number of benzene rings is 1. The summed E-state index contributed by atoms with van der Waals surface area (Å²) in [6.07, 6.45) is -0.353. The minimum atomic E-state index is -0.615. The minimum absolute atomic E-state index is 0.343. The molecule has 2 amide bonds. The van der Waals surface area contributed by atoms with Crippen molar-refractivity contribution in [2.45, 2.75) is 6.42 Å². The maximum atomic E-state index is 11.3. The molecule has 0 aliphatic rings. The molecular formula is C11H12N2O4. The lowest BCUT2D eigenvalue weighted by atomic mass is 10.2. The van der Waals surface area contributed by atoms with Gasteiger partial charge in [0.2, 0.25) is 11.8 Å². The zero-order valence-electron chi connectivity index (χ0n) is 9.23. The Hall–Kier alpha value is -2.37. The van der Waals surface area contributed by atoms with Crippen molar-refractivity contribution in [3.8, 4) is 0 Å². The number of methoxy groups -OCH3 is 1.